The summed E-state index contributed by atoms with van der Waals surface area (Å²) < 4.78 is 11.1. The third kappa shape index (κ3) is 3.89. The maximum atomic E-state index is 6.45. The van der Waals surface area contributed by atoms with Crippen molar-refractivity contribution in [3.05, 3.63) is 146 Å². The smallest absolute Gasteiger partial charge is 0.238 e. The van der Waals surface area contributed by atoms with Gasteiger partial charge in [-0.15, -0.1) is 11.3 Å². The zero-order valence-corrected chi connectivity index (χ0v) is 26.8. The fraction of sp³-hybridized carbons (Fsp3) is 0. The Balaban J connectivity index is 1.23. The molecule has 4 heterocycles. The molecule has 0 saturated heterocycles. The van der Waals surface area contributed by atoms with E-state index in [1.165, 1.54) is 14.8 Å². The lowest BCUT2D eigenvalue weighted by Gasteiger charge is -2.12. The Morgan fingerprint density at radius 1 is 0.490 bits per heavy atom. The number of aromatic nitrogens is 4. The van der Waals surface area contributed by atoms with Crippen molar-refractivity contribution in [2.24, 2.45) is 0 Å². The first-order valence-electron chi connectivity index (χ1n) is 16.3. The minimum absolute atomic E-state index is 0.580. The molecule has 5 nitrogen and oxygen atoms in total. The SMILES string of the molecule is c1ccc2c(c1)oc1c3cc(-c4nc(-c5cccc6sc7ccccc7c56)nc(-n5c6ccccc6c6ccccc65)n4)ccc3ccc21. The second-order valence-corrected chi connectivity index (χ2v) is 13.5. The molecule has 11 aromatic rings. The molecule has 0 atom stereocenters. The summed E-state index contributed by atoms with van der Waals surface area (Å²) in [6.07, 6.45) is 0. The largest absolute Gasteiger partial charge is 0.455 e. The van der Waals surface area contributed by atoms with E-state index in [0.717, 1.165) is 71.0 Å². The fourth-order valence-corrected chi connectivity index (χ4v) is 8.59. The molecule has 0 fully saturated rings. The van der Waals surface area contributed by atoms with Crippen molar-refractivity contribution < 1.29 is 4.42 Å². The molecular weight excluding hydrogens is 621 g/mol. The van der Waals surface area contributed by atoms with Gasteiger partial charge in [-0.1, -0.05) is 103 Å². The summed E-state index contributed by atoms with van der Waals surface area (Å²) in [7, 11) is 0. The van der Waals surface area contributed by atoms with Crippen molar-refractivity contribution in [1.29, 1.82) is 0 Å². The van der Waals surface area contributed by atoms with Gasteiger partial charge in [0.2, 0.25) is 5.95 Å². The Bertz CT molecular complexity index is 3080. The molecular formula is C43H24N4OS. The maximum absolute atomic E-state index is 6.45. The summed E-state index contributed by atoms with van der Waals surface area (Å²) in [5.74, 6) is 1.82. The molecule has 7 aromatic carbocycles. The number of nitrogens with zero attached hydrogens (tertiary/aromatic N) is 4. The van der Waals surface area contributed by atoms with Gasteiger partial charge in [0.1, 0.15) is 11.2 Å². The van der Waals surface area contributed by atoms with Crippen LogP contribution in [0.5, 0.6) is 0 Å². The molecule has 0 N–H and O–H groups in total. The average molecular weight is 645 g/mol. The van der Waals surface area contributed by atoms with Gasteiger partial charge in [0.05, 0.1) is 11.0 Å². The van der Waals surface area contributed by atoms with E-state index in [2.05, 4.69) is 138 Å². The molecule has 0 saturated carbocycles. The van der Waals surface area contributed by atoms with Gasteiger partial charge in [0.25, 0.3) is 0 Å². The molecule has 0 aliphatic carbocycles. The molecule has 0 amide bonds. The number of fused-ring (bicyclic) bond motifs is 11. The van der Waals surface area contributed by atoms with Crippen LogP contribution < -0.4 is 0 Å². The van der Waals surface area contributed by atoms with Crippen LogP contribution in [-0.4, -0.2) is 19.5 Å². The lowest BCUT2D eigenvalue weighted by molar-refractivity contribution is 0.672. The number of benzene rings is 7. The zero-order valence-electron chi connectivity index (χ0n) is 26.0. The molecule has 0 unspecified atom stereocenters. The Kier molecular flexibility index (Phi) is 5.48. The normalized spacial score (nSPS) is 12.1. The van der Waals surface area contributed by atoms with E-state index in [9.17, 15) is 0 Å². The van der Waals surface area contributed by atoms with E-state index in [4.69, 9.17) is 19.4 Å². The molecule has 0 aliphatic heterocycles. The van der Waals surface area contributed by atoms with E-state index in [0.29, 0.717) is 17.6 Å². The molecule has 0 aliphatic rings. The van der Waals surface area contributed by atoms with E-state index >= 15 is 0 Å². The highest BCUT2D eigenvalue weighted by Gasteiger charge is 2.20. The minimum Gasteiger partial charge on any atom is -0.455 e. The number of hydrogen-bond acceptors (Lipinski definition) is 5. The number of rotatable bonds is 3. The standard InChI is InChI=1S/C43H24N4OS/c1-5-15-34-27(10-1)28-11-2-6-16-35(28)47(34)43-45-41(44-42(46-43)32-14-9-19-38-39(32)31-13-4-8-18-37(31)49-38)26-21-20-25-22-23-30-29-12-3-7-17-36(29)48-40(30)33(25)24-26/h1-24H. The highest BCUT2D eigenvalue weighted by molar-refractivity contribution is 7.25. The van der Waals surface area contributed by atoms with Gasteiger partial charge < -0.3 is 4.42 Å². The van der Waals surface area contributed by atoms with Crippen LogP contribution in [0.4, 0.5) is 0 Å². The van der Waals surface area contributed by atoms with Crippen LogP contribution in [0.3, 0.4) is 0 Å². The van der Waals surface area contributed by atoms with Crippen LogP contribution >= 0.6 is 11.3 Å². The average Bonchev–Trinajstić information content (AvgIpc) is 3.84. The van der Waals surface area contributed by atoms with Gasteiger partial charge in [-0.2, -0.15) is 9.97 Å². The summed E-state index contributed by atoms with van der Waals surface area (Å²) in [5, 5.41) is 9.01. The van der Waals surface area contributed by atoms with Crippen molar-refractivity contribution in [1.82, 2.24) is 19.5 Å². The van der Waals surface area contributed by atoms with Crippen molar-refractivity contribution in [2.45, 2.75) is 0 Å². The molecule has 0 bridgehead atoms. The lowest BCUT2D eigenvalue weighted by atomic mass is 10.0. The molecule has 11 rings (SSSR count). The second-order valence-electron chi connectivity index (χ2n) is 12.4. The van der Waals surface area contributed by atoms with E-state index in [-0.39, 0.29) is 0 Å². The highest BCUT2D eigenvalue weighted by atomic mass is 32.1. The maximum Gasteiger partial charge on any atom is 0.238 e. The van der Waals surface area contributed by atoms with Crippen molar-refractivity contribution in [3.63, 3.8) is 0 Å². The van der Waals surface area contributed by atoms with Crippen LogP contribution in [0.1, 0.15) is 0 Å². The summed E-state index contributed by atoms with van der Waals surface area (Å²) in [6.45, 7) is 0. The monoisotopic (exact) mass is 644 g/mol. The molecule has 49 heavy (non-hydrogen) atoms. The number of thiophene rings is 1. The lowest BCUT2D eigenvalue weighted by Crippen LogP contribution is -2.06. The predicted octanol–water partition coefficient (Wildman–Crippen LogP) is 11.7. The van der Waals surface area contributed by atoms with Gasteiger partial charge in [0.15, 0.2) is 11.6 Å². The molecule has 0 spiro atoms. The van der Waals surface area contributed by atoms with E-state index < -0.39 is 0 Å². The third-order valence-electron chi connectivity index (χ3n) is 9.67. The van der Waals surface area contributed by atoms with E-state index in [1.54, 1.807) is 11.3 Å². The summed E-state index contributed by atoms with van der Waals surface area (Å²) in [6, 6.07) is 50.8. The predicted molar refractivity (Wildman–Crippen MR) is 203 cm³/mol. The Morgan fingerprint density at radius 3 is 2.00 bits per heavy atom. The zero-order chi connectivity index (χ0) is 32.1. The van der Waals surface area contributed by atoms with Gasteiger partial charge in [-0.3, -0.25) is 4.57 Å². The topological polar surface area (TPSA) is 56.7 Å². The van der Waals surface area contributed by atoms with Gasteiger partial charge in [-0.05, 0) is 47.9 Å². The molecule has 0 radical (unpaired) electrons. The fourth-order valence-electron chi connectivity index (χ4n) is 7.45. The van der Waals surface area contributed by atoms with Crippen LogP contribution in [0.2, 0.25) is 0 Å². The number of furan rings is 1. The van der Waals surface area contributed by atoms with Crippen LogP contribution in [0, 0.1) is 0 Å². The number of para-hydroxylation sites is 3. The van der Waals surface area contributed by atoms with Gasteiger partial charge in [0, 0.05) is 58.2 Å². The molecule has 228 valence electrons. The van der Waals surface area contributed by atoms with Crippen LogP contribution in [0.15, 0.2) is 150 Å². The number of hydrogen-bond donors (Lipinski definition) is 0. The summed E-state index contributed by atoms with van der Waals surface area (Å²) >= 11 is 1.79. The van der Waals surface area contributed by atoms with Gasteiger partial charge in [-0.25, -0.2) is 4.98 Å². The third-order valence-corrected chi connectivity index (χ3v) is 10.8. The van der Waals surface area contributed by atoms with Crippen molar-refractivity contribution in [2.75, 3.05) is 0 Å². The minimum atomic E-state index is 0.580. The van der Waals surface area contributed by atoms with E-state index in [1.807, 2.05) is 12.1 Å². The van der Waals surface area contributed by atoms with Crippen LogP contribution in [0.25, 0.3) is 103 Å². The summed E-state index contributed by atoms with van der Waals surface area (Å²) in [4.78, 5) is 15.8. The van der Waals surface area contributed by atoms with Gasteiger partial charge >= 0.3 is 0 Å². The first-order chi connectivity index (χ1) is 24.3. The van der Waals surface area contributed by atoms with Crippen molar-refractivity contribution >= 4 is 86.0 Å². The molecule has 6 heteroatoms. The van der Waals surface area contributed by atoms with Crippen molar-refractivity contribution in [3.8, 4) is 28.7 Å². The first kappa shape index (κ1) is 26.7. The van der Waals surface area contributed by atoms with Crippen LogP contribution in [-0.2, 0) is 0 Å². The highest BCUT2D eigenvalue weighted by Crippen LogP contribution is 2.41. The Labute approximate surface area is 283 Å². The molecule has 4 aromatic heterocycles. The Hall–Kier alpha value is -6.37. The Morgan fingerprint density at radius 2 is 1.16 bits per heavy atom. The summed E-state index contributed by atoms with van der Waals surface area (Å²) in [5.41, 5.74) is 5.73. The quantitative estimate of drug-likeness (QED) is 0.192. The second kappa shape index (κ2) is 10.1. The first-order valence-corrected chi connectivity index (χ1v) is 17.1.